The zero-order valence-electron chi connectivity index (χ0n) is 12.0. The van der Waals surface area contributed by atoms with Crippen LogP contribution in [-0.4, -0.2) is 62.7 Å². The summed E-state index contributed by atoms with van der Waals surface area (Å²) in [6.45, 7) is 0.631. The maximum atomic E-state index is 12.1. The molecule has 0 radical (unpaired) electrons. The minimum Gasteiger partial charge on any atom is -0.379 e. The van der Waals surface area contributed by atoms with E-state index in [9.17, 15) is 13.2 Å². The van der Waals surface area contributed by atoms with Crippen LogP contribution in [0.3, 0.4) is 0 Å². The van der Waals surface area contributed by atoms with Crippen molar-refractivity contribution in [3.63, 3.8) is 0 Å². The average molecular weight is 313 g/mol. The predicted molar refractivity (Wildman–Crippen MR) is 77.3 cm³/mol. The molecule has 116 valence electrons. The minimum atomic E-state index is -3.33. The van der Waals surface area contributed by atoms with Crippen molar-refractivity contribution in [1.82, 2.24) is 14.6 Å². The topological polar surface area (TPSA) is 88.6 Å². The van der Waals surface area contributed by atoms with Gasteiger partial charge in [0.05, 0.1) is 25.0 Å². The van der Waals surface area contributed by atoms with Crippen molar-refractivity contribution in [2.45, 2.75) is 6.04 Å². The van der Waals surface area contributed by atoms with Crippen molar-refractivity contribution in [1.29, 1.82) is 0 Å². The van der Waals surface area contributed by atoms with Gasteiger partial charge in [-0.15, -0.1) is 0 Å². The maximum Gasteiger partial charge on any atom is 0.270 e. The maximum absolute atomic E-state index is 12.1. The van der Waals surface area contributed by atoms with Gasteiger partial charge in [0.2, 0.25) is 10.0 Å². The van der Waals surface area contributed by atoms with Gasteiger partial charge >= 0.3 is 0 Å². The first-order valence-corrected chi connectivity index (χ1v) is 8.21. The van der Waals surface area contributed by atoms with Gasteiger partial charge in [-0.1, -0.05) is 6.07 Å². The van der Waals surface area contributed by atoms with E-state index < -0.39 is 10.0 Å². The first kappa shape index (κ1) is 15.9. The number of rotatable bonds is 5. The number of hydrogen-bond donors (Lipinski definition) is 1. The van der Waals surface area contributed by atoms with Gasteiger partial charge in [0, 0.05) is 26.2 Å². The zero-order chi connectivity index (χ0) is 15.5. The molecular weight excluding hydrogens is 294 g/mol. The second-order valence-corrected chi connectivity index (χ2v) is 7.38. The number of hydrogen-bond acceptors (Lipinski definition) is 5. The van der Waals surface area contributed by atoms with Crippen LogP contribution < -0.4 is 5.32 Å². The Balaban J connectivity index is 2.01. The fourth-order valence-corrected chi connectivity index (χ4v) is 3.25. The molecule has 0 saturated carbocycles. The van der Waals surface area contributed by atoms with Crippen LogP contribution in [-0.2, 0) is 14.8 Å². The number of nitrogens with one attached hydrogen (secondary N) is 1. The number of carbonyl (C=O) groups excluding carboxylic acids is 1. The van der Waals surface area contributed by atoms with E-state index >= 15 is 0 Å². The molecule has 1 aliphatic rings. The highest BCUT2D eigenvalue weighted by molar-refractivity contribution is 7.89. The summed E-state index contributed by atoms with van der Waals surface area (Å²) in [6, 6.07) is 4.73. The largest absolute Gasteiger partial charge is 0.379 e. The molecule has 8 heteroatoms. The Hall–Kier alpha value is -1.51. The number of sulfonamides is 1. The van der Waals surface area contributed by atoms with Gasteiger partial charge in [-0.05, 0) is 12.1 Å². The molecule has 0 unspecified atom stereocenters. The van der Waals surface area contributed by atoms with Gasteiger partial charge in [-0.25, -0.2) is 12.7 Å². The second kappa shape index (κ2) is 6.50. The summed E-state index contributed by atoms with van der Waals surface area (Å²) in [6.07, 6.45) is 1.54. The van der Waals surface area contributed by atoms with Crippen LogP contribution in [0.15, 0.2) is 24.4 Å². The van der Waals surface area contributed by atoms with E-state index in [2.05, 4.69) is 10.3 Å². The Kier molecular flexibility index (Phi) is 4.92. The highest BCUT2D eigenvalue weighted by Crippen LogP contribution is 2.17. The fraction of sp³-hybridized carbons (Fsp3) is 0.538. The van der Waals surface area contributed by atoms with Crippen molar-refractivity contribution < 1.29 is 17.9 Å². The molecule has 2 rings (SSSR count). The van der Waals surface area contributed by atoms with Crippen molar-refractivity contribution in [3.05, 3.63) is 30.1 Å². The molecule has 0 aromatic carbocycles. The molecular formula is C13H19N3O4S. The molecule has 2 atom stereocenters. The summed E-state index contributed by atoms with van der Waals surface area (Å²) in [5.41, 5.74) is 0.304. The highest BCUT2D eigenvalue weighted by Gasteiger charge is 2.34. The SMILES string of the molecule is CN(C)S(=O)(=O)C[C@@H]1COC[C@H]1NC(=O)c1ccccn1. The third-order valence-electron chi connectivity index (χ3n) is 3.39. The third-order valence-corrected chi connectivity index (χ3v) is 5.36. The lowest BCUT2D eigenvalue weighted by molar-refractivity contribution is 0.0921. The van der Waals surface area contributed by atoms with E-state index in [0.717, 1.165) is 0 Å². The Morgan fingerprint density at radius 3 is 2.81 bits per heavy atom. The number of ether oxygens (including phenoxy) is 1. The highest BCUT2D eigenvalue weighted by atomic mass is 32.2. The van der Waals surface area contributed by atoms with Gasteiger partial charge in [0.25, 0.3) is 5.91 Å². The van der Waals surface area contributed by atoms with Crippen molar-refractivity contribution >= 4 is 15.9 Å². The molecule has 1 aromatic heterocycles. The third kappa shape index (κ3) is 3.99. The molecule has 1 fully saturated rings. The van der Waals surface area contributed by atoms with E-state index in [-0.39, 0.29) is 23.6 Å². The van der Waals surface area contributed by atoms with Crippen LogP contribution in [0.2, 0.25) is 0 Å². The summed E-state index contributed by atoms with van der Waals surface area (Å²) in [7, 11) is -0.343. The Bertz CT molecular complexity index is 589. The van der Waals surface area contributed by atoms with Crippen LogP contribution in [0.1, 0.15) is 10.5 Å². The fourth-order valence-electron chi connectivity index (χ4n) is 2.08. The molecule has 1 amide bonds. The summed E-state index contributed by atoms with van der Waals surface area (Å²) >= 11 is 0. The Morgan fingerprint density at radius 2 is 2.19 bits per heavy atom. The van der Waals surface area contributed by atoms with Crippen LogP contribution >= 0.6 is 0 Å². The summed E-state index contributed by atoms with van der Waals surface area (Å²) in [5, 5.41) is 2.80. The number of carbonyl (C=O) groups is 1. The van der Waals surface area contributed by atoms with Gasteiger partial charge in [0.15, 0.2) is 0 Å². The lowest BCUT2D eigenvalue weighted by Gasteiger charge is -2.20. The van der Waals surface area contributed by atoms with Gasteiger partial charge < -0.3 is 10.1 Å². The van der Waals surface area contributed by atoms with E-state index in [0.29, 0.717) is 18.9 Å². The molecule has 0 bridgehead atoms. The van der Waals surface area contributed by atoms with Gasteiger partial charge in [0.1, 0.15) is 5.69 Å². The summed E-state index contributed by atoms with van der Waals surface area (Å²) in [5.74, 6) is -0.629. The lowest BCUT2D eigenvalue weighted by Crippen LogP contribution is -2.43. The average Bonchev–Trinajstić information content (AvgIpc) is 2.86. The van der Waals surface area contributed by atoms with E-state index in [1.165, 1.54) is 24.6 Å². The van der Waals surface area contributed by atoms with Crippen LogP contribution in [0, 0.1) is 5.92 Å². The number of nitrogens with zero attached hydrogens (tertiary/aromatic N) is 2. The van der Waals surface area contributed by atoms with E-state index in [1.807, 2.05) is 0 Å². The second-order valence-electron chi connectivity index (χ2n) is 5.15. The van der Waals surface area contributed by atoms with Crippen molar-refractivity contribution in [3.8, 4) is 0 Å². The van der Waals surface area contributed by atoms with Crippen molar-refractivity contribution in [2.75, 3.05) is 33.1 Å². The Morgan fingerprint density at radius 1 is 1.43 bits per heavy atom. The van der Waals surface area contributed by atoms with Crippen LogP contribution in [0.5, 0.6) is 0 Å². The van der Waals surface area contributed by atoms with Crippen LogP contribution in [0.4, 0.5) is 0 Å². The normalized spacial score (nSPS) is 22.4. The van der Waals surface area contributed by atoms with Gasteiger partial charge in [-0.3, -0.25) is 9.78 Å². The Labute approximate surface area is 124 Å². The zero-order valence-corrected chi connectivity index (χ0v) is 12.8. The molecule has 1 saturated heterocycles. The number of aromatic nitrogens is 1. The molecule has 1 aliphatic heterocycles. The monoisotopic (exact) mass is 313 g/mol. The quantitative estimate of drug-likeness (QED) is 0.807. The molecule has 0 spiro atoms. The number of amides is 1. The van der Waals surface area contributed by atoms with E-state index in [1.54, 1.807) is 18.2 Å². The molecule has 0 aliphatic carbocycles. The molecule has 1 N–H and O–H groups in total. The van der Waals surface area contributed by atoms with Crippen LogP contribution in [0.25, 0.3) is 0 Å². The van der Waals surface area contributed by atoms with E-state index in [4.69, 9.17) is 4.74 Å². The van der Waals surface area contributed by atoms with Crippen molar-refractivity contribution in [2.24, 2.45) is 5.92 Å². The molecule has 7 nitrogen and oxygen atoms in total. The summed E-state index contributed by atoms with van der Waals surface area (Å²) < 4.78 is 30.4. The first-order chi connectivity index (χ1) is 9.90. The summed E-state index contributed by atoms with van der Waals surface area (Å²) in [4.78, 5) is 16.0. The molecule has 2 heterocycles. The smallest absolute Gasteiger partial charge is 0.270 e. The van der Waals surface area contributed by atoms with Gasteiger partial charge in [-0.2, -0.15) is 0 Å². The first-order valence-electron chi connectivity index (χ1n) is 6.60. The lowest BCUT2D eigenvalue weighted by atomic mass is 10.1. The minimum absolute atomic E-state index is 0.0484. The predicted octanol–water partition coefficient (Wildman–Crippen LogP) is -0.282. The molecule has 21 heavy (non-hydrogen) atoms. The number of pyridine rings is 1. The standard InChI is InChI=1S/C13H19N3O4S/c1-16(2)21(18,19)9-10-7-20-8-12(10)15-13(17)11-5-3-4-6-14-11/h3-6,10,12H,7-9H2,1-2H3,(H,15,17)/t10-,12+/m0/s1. The molecule has 1 aromatic rings.